The number of benzene rings is 3. The number of carboxylic acids is 1. The minimum Gasteiger partial charge on any atom is -0.480 e. The molecule has 2 N–H and O–H groups in total. The summed E-state index contributed by atoms with van der Waals surface area (Å²) in [6.45, 7) is 0.0761. The predicted octanol–water partition coefficient (Wildman–Crippen LogP) is 3.57. The van der Waals surface area contributed by atoms with Gasteiger partial charge in [0, 0.05) is 18.0 Å². The van der Waals surface area contributed by atoms with E-state index in [9.17, 15) is 19.5 Å². The van der Waals surface area contributed by atoms with Gasteiger partial charge in [0.2, 0.25) is 0 Å². The van der Waals surface area contributed by atoms with Crippen molar-refractivity contribution in [1.82, 2.24) is 5.32 Å². The van der Waals surface area contributed by atoms with E-state index in [1.807, 2.05) is 36.4 Å². The average Bonchev–Trinajstić information content (AvgIpc) is 3.42. The van der Waals surface area contributed by atoms with Crippen molar-refractivity contribution in [2.45, 2.75) is 18.4 Å². The van der Waals surface area contributed by atoms with Crippen molar-refractivity contribution < 1.29 is 24.2 Å². The molecule has 3 aromatic carbocycles. The third kappa shape index (κ3) is 4.22. The summed E-state index contributed by atoms with van der Waals surface area (Å²) in [6, 6.07) is 22.2. The molecular weight excluding hydrogens is 444 g/mol. The summed E-state index contributed by atoms with van der Waals surface area (Å²) < 4.78 is 5.45. The summed E-state index contributed by atoms with van der Waals surface area (Å²) in [5, 5.41) is 12.0. The number of anilines is 1. The van der Waals surface area contributed by atoms with Crippen LogP contribution >= 0.6 is 0 Å². The van der Waals surface area contributed by atoms with Gasteiger partial charge in [-0.1, -0.05) is 72.7 Å². The topological polar surface area (TPSA) is 95.9 Å². The van der Waals surface area contributed by atoms with E-state index in [0.29, 0.717) is 5.69 Å². The standard InChI is InChI=1S/C28H22N2O5/c31-26(30-24-13-6-1-8-18(24)16-25(30)27(32)33)14-7-15-29-28(34)35-17-23-21-11-4-2-9-19(21)20-10-3-5-12-22(20)23/h1-6,8-13,23,25H,15-17H2,(H,29,34)(H,32,33). The highest BCUT2D eigenvalue weighted by atomic mass is 16.5. The van der Waals surface area contributed by atoms with Gasteiger partial charge in [0.05, 0.1) is 6.54 Å². The van der Waals surface area contributed by atoms with Crippen molar-refractivity contribution in [1.29, 1.82) is 0 Å². The molecular formula is C28H22N2O5. The molecule has 7 nitrogen and oxygen atoms in total. The number of carbonyl (C=O) groups excluding carboxylic acids is 2. The first-order chi connectivity index (χ1) is 17.0. The molecule has 174 valence electrons. The fourth-order valence-electron chi connectivity index (χ4n) is 4.78. The lowest BCUT2D eigenvalue weighted by molar-refractivity contribution is -0.139. The van der Waals surface area contributed by atoms with Gasteiger partial charge in [0.1, 0.15) is 12.6 Å². The zero-order chi connectivity index (χ0) is 24.4. The van der Waals surface area contributed by atoms with Gasteiger partial charge in [-0.05, 0) is 39.8 Å². The second-order valence-electron chi connectivity index (χ2n) is 8.34. The van der Waals surface area contributed by atoms with E-state index in [2.05, 4.69) is 29.3 Å². The van der Waals surface area contributed by atoms with Gasteiger partial charge < -0.3 is 15.2 Å². The van der Waals surface area contributed by atoms with Crippen LogP contribution in [0.4, 0.5) is 10.5 Å². The minimum atomic E-state index is -1.09. The molecule has 1 aliphatic heterocycles. The summed E-state index contributed by atoms with van der Waals surface area (Å²) in [7, 11) is 0. The Morgan fingerprint density at radius 2 is 1.57 bits per heavy atom. The fourth-order valence-corrected chi connectivity index (χ4v) is 4.78. The van der Waals surface area contributed by atoms with Crippen molar-refractivity contribution in [2.75, 3.05) is 18.1 Å². The number of carbonyl (C=O) groups is 3. The molecule has 1 atom stereocenters. The molecule has 3 aromatic rings. The number of nitrogens with one attached hydrogen (secondary N) is 1. The second kappa shape index (κ2) is 9.35. The van der Waals surface area contributed by atoms with Gasteiger partial charge in [-0.2, -0.15) is 0 Å². The Hall–Kier alpha value is -4.57. The van der Waals surface area contributed by atoms with Crippen molar-refractivity contribution >= 4 is 23.7 Å². The van der Waals surface area contributed by atoms with E-state index in [1.165, 1.54) is 4.90 Å². The number of rotatable bonds is 4. The molecule has 2 amide bonds. The van der Waals surface area contributed by atoms with E-state index in [-0.39, 0.29) is 25.5 Å². The number of amides is 2. The highest BCUT2D eigenvalue weighted by Crippen LogP contribution is 2.44. The van der Waals surface area contributed by atoms with Crippen LogP contribution < -0.4 is 10.2 Å². The van der Waals surface area contributed by atoms with Gasteiger partial charge >= 0.3 is 18.0 Å². The van der Waals surface area contributed by atoms with Crippen molar-refractivity contribution in [3.63, 3.8) is 0 Å². The maximum Gasteiger partial charge on any atom is 0.407 e. The summed E-state index contributed by atoms with van der Waals surface area (Å²) in [5.74, 6) is 3.26. The van der Waals surface area contributed by atoms with E-state index >= 15 is 0 Å². The molecule has 35 heavy (non-hydrogen) atoms. The molecule has 0 aromatic heterocycles. The zero-order valence-electron chi connectivity index (χ0n) is 18.7. The normalized spacial score (nSPS) is 15.3. The van der Waals surface area contributed by atoms with Gasteiger partial charge in [0.15, 0.2) is 0 Å². The Morgan fingerprint density at radius 3 is 2.26 bits per heavy atom. The summed E-state index contributed by atoms with van der Waals surface area (Å²) in [4.78, 5) is 37.7. The second-order valence-corrected chi connectivity index (χ2v) is 8.34. The van der Waals surface area contributed by atoms with E-state index in [1.54, 1.807) is 24.3 Å². The summed E-state index contributed by atoms with van der Waals surface area (Å²) >= 11 is 0. The number of ether oxygens (including phenoxy) is 1. The molecule has 2 aliphatic rings. The maximum atomic E-state index is 12.6. The van der Waals surface area contributed by atoms with Crippen LogP contribution in [0.2, 0.25) is 0 Å². The van der Waals surface area contributed by atoms with Gasteiger partial charge in [0.25, 0.3) is 0 Å². The zero-order valence-corrected chi connectivity index (χ0v) is 18.7. The highest BCUT2D eigenvalue weighted by Gasteiger charge is 2.37. The number of carboxylic acid groups (broad SMARTS) is 1. The van der Waals surface area contributed by atoms with Crippen LogP contribution in [-0.2, 0) is 20.7 Å². The quantitative estimate of drug-likeness (QED) is 0.573. The average molecular weight is 466 g/mol. The molecule has 0 saturated heterocycles. The molecule has 0 saturated carbocycles. The number of hydrogen-bond acceptors (Lipinski definition) is 4. The predicted molar refractivity (Wildman–Crippen MR) is 130 cm³/mol. The number of alkyl carbamates (subject to hydrolysis) is 1. The van der Waals surface area contributed by atoms with Crippen LogP contribution in [0.1, 0.15) is 22.6 Å². The van der Waals surface area contributed by atoms with Crippen LogP contribution in [-0.4, -0.2) is 42.3 Å². The van der Waals surface area contributed by atoms with E-state index in [4.69, 9.17) is 4.74 Å². The van der Waals surface area contributed by atoms with Gasteiger partial charge in [-0.15, -0.1) is 0 Å². The molecule has 1 heterocycles. The Labute approximate surface area is 202 Å². The Balaban J connectivity index is 1.18. The first kappa shape index (κ1) is 22.2. The first-order valence-corrected chi connectivity index (χ1v) is 11.3. The lowest BCUT2D eigenvalue weighted by Gasteiger charge is -2.19. The third-order valence-electron chi connectivity index (χ3n) is 6.34. The molecule has 7 heteroatoms. The highest BCUT2D eigenvalue weighted by molar-refractivity contribution is 6.10. The number of nitrogens with zero attached hydrogens (tertiary/aromatic N) is 1. The molecule has 1 unspecified atom stereocenters. The van der Waals surface area contributed by atoms with E-state index < -0.39 is 24.0 Å². The molecule has 0 bridgehead atoms. The molecule has 1 aliphatic carbocycles. The monoisotopic (exact) mass is 466 g/mol. The molecule has 0 spiro atoms. The number of para-hydroxylation sites is 1. The Morgan fingerprint density at radius 1 is 0.943 bits per heavy atom. The number of aliphatic carboxylic acids is 1. The summed E-state index contributed by atoms with van der Waals surface area (Å²) in [6.07, 6.45) is -0.403. The van der Waals surface area contributed by atoms with Crippen LogP contribution in [0, 0.1) is 11.8 Å². The Bertz CT molecular complexity index is 1340. The maximum absolute atomic E-state index is 12.6. The molecule has 0 radical (unpaired) electrons. The van der Waals surface area contributed by atoms with Gasteiger partial charge in [-0.25, -0.2) is 9.59 Å². The molecule has 0 fully saturated rings. The molecule has 5 rings (SSSR count). The Kier molecular flexibility index (Phi) is 5.94. The SMILES string of the molecule is O=C(NCC#CC(=O)N1c2ccccc2CC1C(=O)O)OCC1c2ccccc2-c2ccccc21. The van der Waals surface area contributed by atoms with Crippen molar-refractivity contribution in [3.8, 4) is 23.0 Å². The van der Waals surface area contributed by atoms with Crippen LogP contribution in [0.5, 0.6) is 0 Å². The fraction of sp³-hybridized carbons (Fsp3) is 0.179. The van der Waals surface area contributed by atoms with Crippen LogP contribution in [0.15, 0.2) is 72.8 Å². The van der Waals surface area contributed by atoms with E-state index in [0.717, 1.165) is 27.8 Å². The minimum absolute atomic E-state index is 0.0519. The largest absolute Gasteiger partial charge is 0.480 e. The number of fused-ring (bicyclic) bond motifs is 4. The number of hydrogen-bond donors (Lipinski definition) is 2. The van der Waals surface area contributed by atoms with Crippen molar-refractivity contribution in [2.24, 2.45) is 0 Å². The van der Waals surface area contributed by atoms with Crippen molar-refractivity contribution in [3.05, 3.63) is 89.5 Å². The first-order valence-electron chi connectivity index (χ1n) is 11.3. The smallest absolute Gasteiger partial charge is 0.407 e. The van der Waals surface area contributed by atoms with Crippen LogP contribution in [0.25, 0.3) is 11.1 Å². The lowest BCUT2D eigenvalue weighted by Crippen LogP contribution is -2.42. The van der Waals surface area contributed by atoms with Crippen LogP contribution in [0.3, 0.4) is 0 Å². The van der Waals surface area contributed by atoms with Gasteiger partial charge in [-0.3, -0.25) is 9.69 Å². The third-order valence-corrected chi connectivity index (χ3v) is 6.34. The summed E-state index contributed by atoms with van der Waals surface area (Å²) in [5.41, 5.74) is 5.85. The lowest BCUT2D eigenvalue weighted by atomic mass is 9.98.